The van der Waals surface area contributed by atoms with Crippen molar-refractivity contribution in [1.29, 1.82) is 0 Å². The standard InChI is InChI=1S/C24H28N2OP2/c1-23(2)17-11-7-9-13-19(17)25(5)21(23)15-29(28-27)16-22-24(3,4)18-12-8-10-14-20(18)26(22)6/h7-16H,1-6H3/b21-15-,22-16-. The Hall–Kier alpha value is -1.95. The maximum Gasteiger partial charge on any atom is 0.189 e. The highest BCUT2D eigenvalue weighted by molar-refractivity contribution is 8.19. The lowest BCUT2D eigenvalue weighted by Gasteiger charge is -2.27. The zero-order chi connectivity index (χ0) is 21.0. The van der Waals surface area contributed by atoms with Gasteiger partial charge in [-0.1, -0.05) is 64.1 Å². The molecule has 0 bridgehead atoms. The van der Waals surface area contributed by atoms with E-state index in [4.69, 9.17) is 0 Å². The molecular formula is C24H28N2OP2. The fourth-order valence-corrected chi connectivity index (χ4v) is 7.40. The minimum Gasteiger partial charge on any atom is -0.347 e. The minimum absolute atomic E-state index is 0.102. The lowest BCUT2D eigenvalue weighted by Crippen LogP contribution is -2.23. The normalized spacial score (nSPS) is 22.0. The second-order valence-electron chi connectivity index (χ2n) is 8.89. The highest BCUT2D eigenvalue weighted by Crippen LogP contribution is 2.60. The Balaban J connectivity index is 1.76. The molecule has 0 atom stereocenters. The predicted octanol–water partition coefficient (Wildman–Crippen LogP) is 7.21. The number of fused-ring (bicyclic) bond motifs is 2. The van der Waals surface area contributed by atoms with Crippen LogP contribution in [0.5, 0.6) is 0 Å². The van der Waals surface area contributed by atoms with Gasteiger partial charge in [0.1, 0.15) is 0 Å². The van der Waals surface area contributed by atoms with E-state index in [0.29, 0.717) is 0 Å². The van der Waals surface area contributed by atoms with Gasteiger partial charge < -0.3 is 9.80 Å². The molecule has 0 radical (unpaired) electrons. The summed E-state index contributed by atoms with van der Waals surface area (Å²) in [5, 5.41) is 0. The van der Waals surface area contributed by atoms with Crippen LogP contribution in [0.25, 0.3) is 0 Å². The molecule has 4 rings (SSSR count). The molecular weight excluding hydrogens is 394 g/mol. The number of likely N-dealkylation sites (N-methyl/N-ethyl adjacent to an activating group) is 2. The van der Waals surface area contributed by atoms with Gasteiger partial charge in [-0.15, -0.1) is 0 Å². The van der Waals surface area contributed by atoms with E-state index in [1.54, 1.807) is 0 Å². The summed E-state index contributed by atoms with van der Waals surface area (Å²) in [6, 6.07) is 17.1. The monoisotopic (exact) mass is 422 g/mol. The van der Waals surface area contributed by atoms with Crippen LogP contribution in [0.15, 0.2) is 71.6 Å². The Kier molecular flexibility index (Phi) is 4.96. The zero-order valence-corrected chi connectivity index (χ0v) is 19.8. The van der Waals surface area contributed by atoms with Crippen LogP contribution < -0.4 is 9.80 Å². The molecule has 5 heteroatoms. The van der Waals surface area contributed by atoms with E-state index >= 15 is 0 Å². The molecule has 0 N–H and O–H groups in total. The number of para-hydroxylation sites is 2. The summed E-state index contributed by atoms with van der Waals surface area (Å²) in [5.41, 5.74) is 7.36. The van der Waals surface area contributed by atoms with E-state index < -0.39 is 7.61 Å². The summed E-state index contributed by atoms with van der Waals surface area (Å²) in [4.78, 5) is 4.51. The van der Waals surface area contributed by atoms with Gasteiger partial charge in [0.2, 0.25) is 0 Å². The molecule has 0 aromatic heterocycles. The highest BCUT2D eigenvalue weighted by Gasteiger charge is 2.40. The van der Waals surface area contributed by atoms with Gasteiger partial charge in [-0.3, -0.25) is 4.57 Å². The van der Waals surface area contributed by atoms with E-state index in [-0.39, 0.29) is 19.0 Å². The van der Waals surface area contributed by atoms with Crippen molar-refractivity contribution in [2.75, 3.05) is 23.9 Å². The number of hydrogen-bond donors (Lipinski definition) is 0. The first-order chi connectivity index (χ1) is 13.7. The van der Waals surface area contributed by atoms with Gasteiger partial charge >= 0.3 is 0 Å². The summed E-state index contributed by atoms with van der Waals surface area (Å²) in [7, 11) is 3.46. The largest absolute Gasteiger partial charge is 0.347 e. The van der Waals surface area contributed by atoms with Crippen LogP contribution in [0.3, 0.4) is 0 Å². The van der Waals surface area contributed by atoms with Crippen LogP contribution in [0.2, 0.25) is 0 Å². The molecule has 2 heterocycles. The summed E-state index contributed by atoms with van der Waals surface area (Å²) in [5.74, 6) is 4.48. The molecule has 0 amide bonds. The van der Waals surface area contributed by atoms with Crippen molar-refractivity contribution in [3.63, 3.8) is 0 Å². The molecule has 0 unspecified atom stereocenters. The summed E-state index contributed by atoms with van der Waals surface area (Å²) in [6.07, 6.45) is 0. The van der Waals surface area contributed by atoms with Crippen molar-refractivity contribution in [3.8, 4) is 0 Å². The molecule has 3 nitrogen and oxygen atoms in total. The third-order valence-electron chi connectivity index (χ3n) is 6.48. The molecule has 0 spiro atoms. The topological polar surface area (TPSA) is 23.6 Å². The van der Waals surface area contributed by atoms with Crippen molar-refractivity contribution in [2.45, 2.75) is 38.5 Å². The summed E-state index contributed by atoms with van der Waals surface area (Å²) in [6.45, 7) is 9.02. The lowest BCUT2D eigenvalue weighted by molar-refractivity contribution is 0.605. The molecule has 2 aliphatic heterocycles. The molecule has 0 saturated carbocycles. The van der Waals surface area contributed by atoms with Gasteiger partial charge in [0.15, 0.2) is 8.15 Å². The summed E-state index contributed by atoms with van der Waals surface area (Å²) >= 11 is 0. The van der Waals surface area contributed by atoms with Gasteiger partial charge in [0, 0.05) is 55.3 Å². The van der Waals surface area contributed by atoms with E-state index in [2.05, 4.69) is 112 Å². The third-order valence-corrected chi connectivity index (χ3v) is 8.95. The van der Waals surface area contributed by atoms with Crippen LogP contribution in [-0.2, 0) is 15.4 Å². The predicted molar refractivity (Wildman–Crippen MR) is 126 cm³/mol. The quantitative estimate of drug-likeness (QED) is 0.488. The van der Waals surface area contributed by atoms with Crippen LogP contribution >= 0.6 is 15.8 Å². The van der Waals surface area contributed by atoms with E-state index in [0.717, 1.165) is 0 Å². The Morgan fingerprint density at radius 3 is 1.48 bits per heavy atom. The van der Waals surface area contributed by atoms with E-state index in [1.807, 2.05) is 0 Å². The SMILES string of the molecule is CN1/C(=C\P(/C=C2\N(C)c3ccccc3C2(C)C)P=O)C(C)(C)c2ccccc21. The number of nitrogens with zero attached hydrogens (tertiary/aromatic N) is 2. The van der Waals surface area contributed by atoms with Gasteiger partial charge in [-0.25, -0.2) is 0 Å². The number of hydrogen-bond acceptors (Lipinski definition) is 3. The Labute approximate surface area is 177 Å². The Morgan fingerprint density at radius 2 is 1.14 bits per heavy atom. The Morgan fingerprint density at radius 1 is 0.759 bits per heavy atom. The summed E-state index contributed by atoms with van der Waals surface area (Å²) < 4.78 is 12.3. The van der Waals surface area contributed by atoms with Crippen molar-refractivity contribution in [2.24, 2.45) is 0 Å². The van der Waals surface area contributed by atoms with Crippen LogP contribution in [0.4, 0.5) is 11.4 Å². The average Bonchev–Trinajstić information content (AvgIpc) is 3.02. The number of anilines is 2. The van der Waals surface area contributed by atoms with Gasteiger partial charge in [-0.2, -0.15) is 0 Å². The smallest absolute Gasteiger partial charge is 0.189 e. The average molecular weight is 422 g/mol. The van der Waals surface area contributed by atoms with Crippen molar-refractivity contribution < 1.29 is 4.57 Å². The Bertz CT molecular complexity index is 959. The maximum atomic E-state index is 12.3. The lowest BCUT2D eigenvalue weighted by atomic mass is 9.84. The van der Waals surface area contributed by atoms with Crippen LogP contribution in [0, 0.1) is 0 Å². The van der Waals surface area contributed by atoms with E-state index in [9.17, 15) is 4.57 Å². The molecule has 2 aliphatic rings. The molecule has 2 aromatic carbocycles. The number of rotatable bonds is 3. The first kappa shape index (κ1) is 20.3. The molecule has 150 valence electrons. The second kappa shape index (κ2) is 7.08. The van der Waals surface area contributed by atoms with E-state index in [1.165, 1.54) is 33.9 Å². The molecule has 0 aliphatic carbocycles. The van der Waals surface area contributed by atoms with Crippen molar-refractivity contribution in [1.82, 2.24) is 0 Å². The van der Waals surface area contributed by atoms with Crippen molar-refractivity contribution in [3.05, 3.63) is 82.7 Å². The maximum absolute atomic E-state index is 12.3. The van der Waals surface area contributed by atoms with Crippen LogP contribution in [0.1, 0.15) is 38.8 Å². The number of allylic oxidation sites excluding steroid dienone is 2. The molecule has 29 heavy (non-hydrogen) atoms. The third kappa shape index (κ3) is 3.07. The van der Waals surface area contributed by atoms with Gasteiger partial charge in [0.05, 0.1) is 0 Å². The number of benzene rings is 2. The zero-order valence-electron chi connectivity index (χ0n) is 18.0. The molecule has 2 aromatic rings. The highest BCUT2D eigenvalue weighted by atomic mass is 32.0. The van der Waals surface area contributed by atoms with Gasteiger partial charge in [0.25, 0.3) is 0 Å². The second-order valence-corrected chi connectivity index (χ2v) is 12.2. The first-order valence-corrected chi connectivity index (χ1v) is 12.9. The van der Waals surface area contributed by atoms with Gasteiger partial charge in [-0.05, 0) is 34.9 Å². The molecule has 0 fully saturated rings. The minimum atomic E-state index is -0.947. The first-order valence-electron chi connectivity index (χ1n) is 9.92. The fourth-order valence-electron chi connectivity index (χ4n) is 4.79. The fraction of sp³-hybridized carbons (Fsp3) is 0.333. The van der Waals surface area contributed by atoms with Crippen molar-refractivity contribution >= 4 is 27.1 Å². The molecule has 0 saturated heterocycles. The van der Waals surface area contributed by atoms with Crippen LogP contribution in [-0.4, -0.2) is 14.1 Å².